The molecule has 0 aliphatic carbocycles. The molecule has 1 aliphatic rings. The average Bonchev–Trinajstić information content (AvgIpc) is 3.27. The number of methoxy groups -OCH3 is 1. The van der Waals surface area contributed by atoms with E-state index in [1.54, 1.807) is 16.3 Å². The van der Waals surface area contributed by atoms with Gasteiger partial charge >= 0.3 is 0 Å². The maximum absolute atomic E-state index is 12.6. The first kappa shape index (κ1) is 17.4. The van der Waals surface area contributed by atoms with Crippen LogP contribution in [0.25, 0.3) is 11.5 Å². The van der Waals surface area contributed by atoms with Gasteiger partial charge in [0.05, 0.1) is 12.8 Å². The van der Waals surface area contributed by atoms with Crippen molar-refractivity contribution < 1.29 is 9.53 Å². The summed E-state index contributed by atoms with van der Waals surface area (Å²) in [5, 5.41) is 20.4. The molecule has 0 fully saturated rings. The topological polar surface area (TPSA) is 99.2 Å². The molecule has 5 rings (SSSR count). The van der Waals surface area contributed by atoms with Gasteiger partial charge in [0.2, 0.25) is 5.91 Å². The molecular weight excluding hydrogens is 370 g/mol. The fourth-order valence-corrected chi connectivity index (χ4v) is 3.86. The van der Waals surface area contributed by atoms with Gasteiger partial charge in [0, 0.05) is 17.9 Å². The SMILES string of the molecule is COc1cccc(C2CC(=O)Nc3c2c(C)nn3-c2ccc3nnc(C)n3n2)c1. The number of nitrogens with zero attached hydrogens (tertiary/aromatic N) is 6. The van der Waals surface area contributed by atoms with E-state index in [0.29, 0.717) is 29.5 Å². The van der Waals surface area contributed by atoms with Crippen molar-refractivity contribution in [2.45, 2.75) is 26.2 Å². The maximum Gasteiger partial charge on any atom is 0.226 e. The van der Waals surface area contributed by atoms with E-state index < -0.39 is 0 Å². The van der Waals surface area contributed by atoms with Crippen molar-refractivity contribution >= 4 is 17.4 Å². The van der Waals surface area contributed by atoms with Gasteiger partial charge in [-0.3, -0.25) is 4.79 Å². The summed E-state index contributed by atoms with van der Waals surface area (Å²) >= 11 is 0. The number of hydrogen-bond donors (Lipinski definition) is 1. The normalized spacial score (nSPS) is 16.0. The summed E-state index contributed by atoms with van der Waals surface area (Å²) in [5.41, 5.74) is 3.50. The number of anilines is 1. The summed E-state index contributed by atoms with van der Waals surface area (Å²) in [6.45, 7) is 3.78. The second-order valence-corrected chi connectivity index (χ2v) is 7.05. The Kier molecular flexibility index (Phi) is 3.83. The Labute approximate surface area is 166 Å². The molecule has 1 aromatic carbocycles. The van der Waals surface area contributed by atoms with Crippen molar-refractivity contribution in [1.82, 2.24) is 29.6 Å². The zero-order chi connectivity index (χ0) is 20.1. The maximum atomic E-state index is 12.6. The minimum atomic E-state index is -0.108. The largest absolute Gasteiger partial charge is 0.497 e. The van der Waals surface area contributed by atoms with Crippen LogP contribution in [0.15, 0.2) is 36.4 Å². The van der Waals surface area contributed by atoms with Crippen LogP contribution in [-0.2, 0) is 4.79 Å². The lowest BCUT2D eigenvalue weighted by molar-refractivity contribution is -0.116. The number of rotatable bonds is 3. The van der Waals surface area contributed by atoms with Gasteiger partial charge in [-0.05, 0) is 43.7 Å². The van der Waals surface area contributed by atoms with E-state index in [-0.39, 0.29) is 11.8 Å². The lowest BCUT2D eigenvalue weighted by Crippen LogP contribution is -2.25. The molecule has 9 heteroatoms. The summed E-state index contributed by atoms with van der Waals surface area (Å²) in [6.07, 6.45) is 0.351. The second-order valence-electron chi connectivity index (χ2n) is 7.05. The Morgan fingerprint density at radius 2 is 2.00 bits per heavy atom. The van der Waals surface area contributed by atoms with Crippen molar-refractivity contribution in [3.8, 4) is 11.6 Å². The van der Waals surface area contributed by atoms with Gasteiger partial charge in [0.15, 0.2) is 17.3 Å². The van der Waals surface area contributed by atoms with Gasteiger partial charge in [0.25, 0.3) is 0 Å². The first-order chi connectivity index (χ1) is 14.0. The zero-order valence-electron chi connectivity index (χ0n) is 16.2. The highest BCUT2D eigenvalue weighted by Gasteiger charge is 2.33. The van der Waals surface area contributed by atoms with Crippen LogP contribution in [0.2, 0.25) is 0 Å². The van der Waals surface area contributed by atoms with Gasteiger partial charge in [-0.25, -0.2) is 0 Å². The van der Waals surface area contributed by atoms with Crippen molar-refractivity contribution in [3.05, 3.63) is 59.0 Å². The van der Waals surface area contributed by atoms with Crippen LogP contribution < -0.4 is 10.1 Å². The Hall–Kier alpha value is -3.75. The number of carbonyl (C=O) groups excluding carboxylic acids is 1. The van der Waals surface area contributed by atoms with E-state index in [4.69, 9.17) is 9.84 Å². The summed E-state index contributed by atoms with van der Waals surface area (Å²) in [7, 11) is 1.64. The van der Waals surface area contributed by atoms with Gasteiger partial charge in [-0.2, -0.15) is 14.3 Å². The molecule has 9 nitrogen and oxygen atoms in total. The molecule has 0 spiro atoms. The van der Waals surface area contributed by atoms with Crippen LogP contribution in [0.1, 0.15) is 35.0 Å². The molecule has 4 aromatic rings. The van der Waals surface area contributed by atoms with E-state index in [9.17, 15) is 4.79 Å². The van der Waals surface area contributed by atoms with E-state index in [0.717, 1.165) is 22.6 Å². The molecule has 0 saturated carbocycles. The third-order valence-corrected chi connectivity index (χ3v) is 5.22. The standard InChI is InChI=1S/C20H19N7O2/c1-11-19-15(13-5-4-6-14(9-13)29-3)10-18(28)21-20(19)27(24-11)17-8-7-16-23-22-12(2)26(16)25-17/h4-9,15H,10H2,1-3H3,(H,21,28). The number of nitrogens with one attached hydrogen (secondary N) is 1. The molecular formula is C20H19N7O2. The summed E-state index contributed by atoms with van der Waals surface area (Å²) in [5.74, 6) is 2.49. The zero-order valence-corrected chi connectivity index (χ0v) is 16.2. The van der Waals surface area contributed by atoms with E-state index in [1.807, 2.05) is 50.2 Å². The number of hydrogen-bond acceptors (Lipinski definition) is 6. The fraction of sp³-hybridized carbons (Fsp3) is 0.250. The number of aromatic nitrogens is 6. The Morgan fingerprint density at radius 3 is 2.83 bits per heavy atom. The third kappa shape index (κ3) is 2.74. The second kappa shape index (κ2) is 6.40. The van der Waals surface area contributed by atoms with Crippen molar-refractivity contribution in [2.75, 3.05) is 12.4 Å². The monoisotopic (exact) mass is 389 g/mol. The molecule has 1 unspecified atom stereocenters. The molecule has 1 atom stereocenters. The van der Waals surface area contributed by atoms with Crippen molar-refractivity contribution in [2.24, 2.45) is 0 Å². The molecule has 146 valence electrons. The van der Waals surface area contributed by atoms with Crippen LogP contribution in [0.4, 0.5) is 5.82 Å². The Bertz CT molecular complexity index is 1260. The van der Waals surface area contributed by atoms with Crippen LogP contribution in [0, 0.1) is 13.8 Å². The minimum absolute atomic E-state index is 0.0620. The van der Waals surface area contributed by atoms with E-state index >= 15 is 0 Å². The number of amides is 1. The van der Waals surface area contributed by atoms with Gasteiger partial charge < -0.3 is 10.1 Å². The molecule has 0 saturated heterocycles. The highest BCUT2D eigenvalue weighted by molar-refractivity contribution is 5.95. The first-order valence-electron chi connectivity index (χ1n) is 9.28. The number of fused-ring (bicyclic) bond motifs is 2. The quantitative estimate of drug-likeness (QED) is 0.578. The lowest BCUT2D eigenvalue weighted by atomic mass is 9.86. The lowest BCUT2D eigenvalue weighted by Gasteiger charge is -2.24. The van der Waals surface area contributed by atoms with Crippen LogP contribution >= 0.6 is 0 Å². The molecule has 1 N–H and O–H groups in total. The molecule has 1 amide bonds. The Balaban J connectivity index is 1.67. The molecule has 29 heavy (non-hydrogen) atoms. The predicted molar refractivity (Wildman–Crippen MR) is 105 cm³/mol. The number of carbonyl (C=O) groups is 1. The van der Waals surface area contributed by atoms with E-state index in [1.165, 1.54) is 0 Å². The first-order valence-corrected chi connectivity index (χ1v) is 9.28. The highest BCUT2D eigenvalue weighted by atomic mass is 16.5. The van der Waals surface area contributed by atoms with Gasteiger partial charge in [-0.15, -0.1) is 15.3 Å². The number of benzene rings is 1. The van der Waals surface area contributed by atoms with Gasteiger partial charge in [0.1, 0.15) is 11.6 Å². The van der Waals surface area contributed by atoms with Crippen LogP contribution in [0.5, 0.6) is 5.75 Å². The molecule has 1 aliphatic heterocycles. The smallest absolute Gasteiger partial charge is 0.226 e. The van der Waals surface area contributed by atoms with Gasteiger partial charge in [-0.1, -0.05) is 12.1 Å². The molecule has 4 heterocycles. The summed E-state index contributed by atoms with van der Waals surface area (Å²) < 4.78 is 8.69. The Morgan fingerprint density at radius 1 is 1.14 bits per heavy atom. The molecule has 3 aromatic heterocycles. The van der Waals surface area contributed by atoms with Crippen molar-refractivity contribution in [1.29, 1.82) is 0 Å². The van der Waals surface area contributed by atoms with E-state index in [2.05, 4.69) is 20.6 Å². The van der Waals surface area contributed by atoms with Crippen LogP contribution in [-0.4, -0.2) is 42.6 Å². The molecule has 0 radical (unpaired) electrons. The molecule has 0 bridgehead atoms. The fourth-order valence-electron chi connectivity index (χ4n) is 3.86. The summed E-state index contributed by atoms with van der Waals surface area (Å²) in [6, 6.07) is 11.5. The third-order valence-electron chi connectivity index (χ3n) is 5.22. The highest BCUT2D eigenvalue weighted by Crippen LogP contribution is 2.40. The minimum Gasteiger partial charge on any atom is -0.497 e. The number of ether oxygens (including phenoxy) is 1. The summed E-state index contributed by atoms with van der Waals surface area (Å²) in [4.78, 5) is 12.6. The van der Waals surface area contributed by atoms with Crippen LogP contribution in [0.3, 0.4) is 0 Å². The number of aryl methyl sites for hydroxylation is 2. The average molecular weight is 389 g/mol. The predicted octanol–water partition coefficient (Wildman–Crippen LogP) is 2.41. The van der Waals surface area contributed by atoms with Crippen molar-refractivity contribution in [3.63, 3.8) is 0 Å².